The Balaban J connectivity index is 0.000000558. The summed E-state index contributed by atoms with van der Waals surface area (Å²) < 4.78 is 5.07. The van der Waals surface area contributed by atoms with E-state index in [9.17, 15) is 9.59 Å². The number of rotatable bonds is 9. The van der Waals surface area contributed by atoms with Crippen LogP contribution in [0.3, 0.4) is 0 Å². The first-order valence-electron chi connectivity index (χ1n) is 11.6. The standard InChI is InChI=1S/C20H28ClN5O3.C6H5Cl/c1-11(2)18(22)20(28)29-6-5-23-19(27)16-7-13(9-24-16)14-8-17(26-12(3)4)25-10-15(14)21;7-6-4-2-1-3-5-6/h7-12,18,24H,5-6,22H2,1-4H3,(H,23,27)(H,25,26);1-5H. The van der Waals surface area contributed by atoms with E-state index in [0.717, 1.165) is 16.1 Å². The van der Waals surface area contributed by atoms with Crippen molar-refractivity contribution < 1.29 is 14.3 Å². The molecule has 1 aromatic carbocycles. The van der Waals surface area contributed by atoms with Gasteiger partial charge in [-0.2, -0.15) is 0 Å². The van der Waals surface area contributed by atoms with Gasteiger partial charge in [0.2, 0.25) is 0 Å². The summed E-state index contributed by atoms with van der Waals surface area (Å²) in [5, 5.41) is 7.19. The number of carbonyl (C=O) groups is 2. The van der Waals surface area contributed by atoms with Gasteiger partial charge in [-0.25, -0.2) is 4.98 Å². The van der Waals surface area contributed by atoms with Crippen LogP contribution < -0.4 is 16.4 Å². The van der Waals surface area contributed by atoms with E-state index in [2.05, 4.69) is 20.6 Å². The lowest BCUT2D eigenvalue weighted by Gasteiger charge is -2.14. The van der Waals surface area contributed by atoms with Gasteiger partial charge in [0.15, 0.2) is 0 Å². The van der Waals surface area contributed by atoms with Crippen LogP contribution in [0.2, 0.25) is 10.0 Å². The number of ether oxygens (including phenoxy) is 1. The Morgan fingerprint density at radius 2 is 1.81 bits per heavy atom. The van der Waals surface area contributed by atoms with E-state index >= 15 is 0 Å². The van der Waals surface area contributed by atoms with Crippen molar-refractivity contribution in [2.45, 2.75) is 39.8 Å². The molecule has 3 rings (SSSR count). The molecule has 0 aliphatic carbocycles. The molecule has 0 aliphatic heterocycles. The highest BCUT2D eigenvalue weighted by atomic mass is 35.5. The number of esters is 1. The maximum atomic E-state index is 12.3. The Morgan fingerprint density at radius 3 is 2.39 bits per heavy atom. The van der Waals surface area contributed by atoms with E-state index in [-0.39, 0.29) is 31.0 Å². The van der Waals surface area contributed by atoms with E-state index in [0.29, 0.717) is 16.5 Å². The molecule has 194 valence electrons. The van der Waals surface area contributed by atoms with Crippen LogP contribution in [0.4, 0.5) is 5.82 Å². The minimum absolute atomic E-state index is 0.00862. The van der Waals surface area contributed by atoms with Crippen LogP contribution in [0.5, 0.6) is 0 Å². The molecule has 1 atom stereocenters. The average molecular weight is 534 g/mol. The van der Waals surface area contributed by atoms with E-state index in [4.69, 9.17) is 33.7 Å². The van der Waals surface area contributed by atoms with Crippen molar-refractivity contribution in [1.29, 1.82) is 0 Å². The number of pyridine rings is 1. The molecule has 0 saturated carbocycles. The Bertz CT molecular complexity index is 1120. The van der Waals surface area contributed by atoms with Gasteiger partial charge in [0.25, 0.3) is 5.91 Å². The summed E-state index contributed by atoms with van der Waals surface area (Å²) in [5.74, 6) is -0.0977. The fourth-order valence-electron chi connectivity index (χ4n) is 2.91. The highest BCUT2D eigenvalue weighted by Crippen LogP contribution is 2.30. The molecular formula is C26H33Cl2N5O3. The molecule has 8 nitrogen and oxygen atoms in total. The summed E-state index contributed by atoms with van der Waals surface area (Å²) in [7, 11) is 0. The van der Waals surface area contributed by atoms with Crippen LogP contribution in [-0.2, 0) is 9.53 Å². The number of anilines is 1. The third-order valence-corrected chi connectivity index (χ3v) is 5.44. The fourth-order valence-corrected chi connectivity index (χ4v) is 3.27. The van der Waals surface area contributed by atoms with Crippen LogP contribution in [0.1, 0.15) is 38.2 Å². The van der Waals surface area contributed by atoms with Crippen molar-refractivity contribution in [1.82, 2.24) is 15.3 Å². The van der Waals surface area contributed by atoms with Gasteiger partial charge < -0.3 is 26.1 Å². The number of H-pyrrole nitrogens is 1. The van der Waals surface area contributed by atoms with Crippen LogP contribution in [0, 0.1) is 5.92 Å². The van der Waals surface area contributed by atoms with E-state index in [1.807, 2.05) is 64.1 Å². The maximum absolute atomic E-state index is 12.3. The second kappa shape index (κ2) is 14.5. The van der Waals surface area contributed by atoms with Crippen molar-refractivity contribution >= 4 is 40.9 Å². The molecular weight excluding hydrogens is 501 g/mol. The van der Waals surface area contributed by atoms with Crippen molar-refractivity contribution in [2.75, 3.05) is 18.5 Å². The third kappa shape index (κ3) is 9.53. The average Bonchev–Trinajstić information content (AvgIpc) is 3.33. The number of nitrogens with one attached hydrogen (secondary N) is 3. The minimum Gasteiger partial charge on any atom is -0.463 e. The molecule has 0 spiro atoms. The van der Waals surface area contributed by atoms with Crippen molar-refractivity contribution in [3.63, 3.8) is 0 Å². The molecule has 3 aromatic rings. The van der Waals surface area contributed by atoms with Crippen molar-refractivity contribution in [3.8, 4) is 11.1 Å². The van der Waals surface area contributed by atoms with Crippen LogP contribution in [0.25, 0.3) is 11.1 Å². The number of carbonyl (C=O) groups excluding carboxylic acids is 2. The monoisotopic (exact) mass is 533 g/mol. The second-order valence-corrected chi connectivity index (χ2v) is 9.48. The molecule has 0 aliphatic rings. The molecule has 36 heavy (non-hydrogen) atoms. The molecule has 0 saturated heterocycles. The SMILES string of the molecule is CC(C)Nc1cc(-c2c[nH]c(C(=O)NCCOC(=O)C(N)C(C)C)c2)c(Cl)cn1.Clc1ccccc1. The number of aromatic nitrogens is 2. The summed E-state index contributed by atoms with van der Waals surface area (Å²) in [6.07, 6.45) is 3.28. The minimum atomic E-state index is -0.670. The summed E-state index contributed by atoms with van der Waals surface area (Å²) in [5.41, 5.74) is 7.61. The van der Waals surface area contributed by atoms with Crippen molar-refractivity contribution in [3.05, 3.63) is 70.6 Å². The maximum Gasteiger partial charge on any atom is 0.323 e. The first-order chi connectivity index (χ1) is 17.1. The zero-order valence-corrected chi connectivity index (χ0v) is 22.4. The van der Waals surface area contributed by atoms with Crippen molar-refractivity contribution in [2.24, 2.45) is 11.7 Å². The Labute approximate surface area is 221 Å². The lowest BCUT2D eigenvalue weighted by atomic mass is 10.1. The van der Waals surface area contributed by atoms with Crippen LogP contribution in [-0.4, -0.2) is 47.1 Å². The normalized spacial score (nSPS) is 11.5. The predicted octanol–water partition coefficient (Wildman–Crippen LogP) is 5.15. The Morgan fingerprint density at radius 1 is 1.11 bits per heavy atom. The third-order valence-electron chi connectivity index (χ3n) is 4.89. The molecule has 1 amide bonds. The molecule has 0 fully saturated rings. The predicted molar refractivity (Wildman–Crippen MR) is 145 cm³/mol. The summed E-state index contributed by atoms with van der Waals surface area (Å²) in [6.45, 7) is 7.95. The number of aromatic amines is 1. The number of halogens is 2. The Hall–Kier alpha value is -3.07. The van der Waals surface area contributed by atoms with Crippen LogP contribution in [0.15, 0.2) is 54.9 Å². The topological polar surface area (TPSA) is 122 Å². The largest absolute Gasteiger partial charge is 0.463 e. The van der Waals surface area contributed by atoms with Gasteiger partial charge in [0.05, 0.1) is 11.6 Å². The summed E-state index contributed by atoms with van der Waals surface area (Å²) >= 11 is 11.8. The van der Waals surface area contributed by atoms with Gasteiger partial charge in [-0.15, -0.1) is 0 Å². The lowest BCUT2D eigenvalue weighted by molar-refractivity contribution is -0.146. The highest BCUT2D eigenvalue weighted by Gasteiger charge is 2.18. The number of benzene rings is 1. The summed E-state index contributed by atoms with van der Waals surface area (Å²) in [6, 6.07) is 12.5. The smallest absolute Gasteiger partial charge is 0.323 e. The zero-order chi connectivity index (χ0) is 26.7. The van der Waals surface area contributed by atoms with Gasteiger partial charge in [0.1, 0.15) is 24.2 Å². The molecule has 1 unspecified atom stereocenters. The number of hydrogen-bond acceptors (Lipinski definition) is 6. The number of amides is 1. The zero-order valence-electron chi connectivity index (χ0n) is 20.8. The van der Waals surface area contributed by atoms with Gasteiger partial charge in [-0.05, 0) is 44.0 Å². The fraction of sp³-hybridized carbons (Fsp3) is 0.346. The van der Waals surface area contributed by atoms with Gasteiger partial charge in [0, 0.05) is 34.6 Å². The first kappa shape index (κ1) is 29.2. The highest BCUT2D eigenvalue weighted by molar-refractivity contribution is 6.33. The number of nitrogens with two attached hydrogens (primary N) is 1. The Kier molecular flexibility index (Phi) is 11.7. The quantitative estimate of drug-likeness (QED) is 0.223. The van der Waals surface area contributed by atoms with Gasteiger partial charge >= 0.3 is 5.97 Å². The second-order valence-electron chi connectivity index (χ2n) is 8.64. The first-order valence-corrected chi connectivity index (χ1v) is 12.4. The molecule has 10 heteroatoms. The van der Waals surface area contributed by atoms with E-state index in [1.54, 1.807) is 18.5 Å². The molecule has 0 radical (unpaired) electrons. The van der Waals surface area contributed by atoms with E-state index in [1.165, 1.54) is 0 Å². The molecule has 5 N–H and O–H groups in total. The van der Waals surface area contributed by atoms with Gasteiger partial charge in [-0.1, -0.05) is 55.2 Å². The lowest BCUT2D eigenvalue weighted by Crippen LogP contribution is -2.38. The molecule has 0 bridgehead atoms. The molecule has 2 heterocycles. The molecule has 2 aromatic heterocycles. The van der Waals surface area contributed by atoms with E-state index < -0.39 is 12.0 Å². The number of hydrogen-bond donors (Lipinski definition) is 4. The number of nitrogens with zero attached hydrogens (tertiary/aromatic N) is 1. The van der Waals surface area contributed by atoms with Gasteiger partial charge in [-0.3, -0.25) is 9.59 Å². The van der Waals surface area contributed by atoms with Crippen LogP contribution >= 0.6 is 23.2 Å². The summed E-state index contributed by atoms with van der Waals surface area (Å²) in [4.78, 5) is 31.2.